The Bertz CT molecular complexity index is 485. The Morgan fingerprint density at radius 3 is 2.50 bits per heavy atom. The van der Waals surface area contributed by atoms with E-state index in [0.717, 1.165) is 23.1 Å². The van der Waals surface area contributed by atoms with Gasteiger partial charge in [0.15, 0.2) is 5.78 Å². The molecule has 0 bridgehead atoms. The van der Waals surface area contributed by atoms with Crippen LogP contribution in [0.25, 0.3) is 11.1 Å². The molecule has 0 saturated carbocycles. The molecule has 2 rings (SSSR count). The average Bonchev–Trinajstić information content (AvgIpc) is 2.58. The number of carbonyl (C=O) groups is 1. The second-order valence-electron chi connectivity index (χ2n) is 4.20. The number of hydrogen-bond donors (Lipinski definition) is 0. The van der Waals surface area contributed by atoms with Crippen LogP contribution in [0.2, 0.25) is 0 Å². The highest BCUT2D eigenvalue weighted by Crippen LogP contribution is 2.28. The molecule has 0 fully saturated rings. The first-order valence-corrected chi connectivity index (χ1v) is 5.75. The number of carbonyl (C=O) groups excluding carboxylic acids is 1. The van der Waals surface area contributed by atoms with Crippen molar-refractivity contribution in [3.8, 4) is 11.1 Å². The van der Waals surface area contributed by atoms with E-state index in [0.29, 0.717) is 6.42 Å². The van der Waals surface area contributed by atoms with Crippen LogP contribution in [0.3, 0.4) is 0 Å². The Hall–Kier alpha value is -1.63. The predicted octanol–water partition coefficient (Wildman–Crippen LogP) is 4.08. The highest BCUT2D eigenvalue weighted by molar-refractivity contribution is 6.03. The van der Waals surface area contributed by atoms with Crippen molar-refractivity contribution in [3.05, 3.63) is 47.5 Å². The first-order valence-electron chi connectivity index (χ1n) is 5.75. The summed E-state index contributed by atoms with van der Waals surface area (Å²) in [6.45, 7) is 4.10. The maximum atomic E-state index is 11.9. The van der Waals surface area contributed by atoms with Gasteiger partial charge >= 0.3 is 0 Å². The van der Waals surface area contributed by atoms with Crippen molar-refractivity contribution < 1.29 is 4.79 Å². The van der Waals surface area contributed by atoms with Crippen molar-refractivity contribution in [2.24, 2.45) is 0 Å². The first kappa shape index (κ1) is 10.9. The molecule has 0 unspecified atom stereocenters. The predicted molar refractivity (Wildman–Crippen MR) is 67.0 cm³/mol. The van der Waals surface area contributed by atoms with Crippen LogP contribution in [0.4, 0.5) is 0 Å². The summed E-state index contributed by atoms with van der Waals surface area (Å²) in [6, 6.07) is 12.2. The SMILES string of the molecule is CCCC(=O)c1ccc2ccc(C)ccc1-2. The molecule has 1 heteroatoms. The van der Waals surface area contributed by atoms with Crippen LogP contribution >= 0.6 is 0 Å². The fourth-order valence-corrected chi connectivity index (χ4v) is 1.94. The molecule has 0 aromatic carbocycles. The molecule has 0 saturated heterocycles. The van der Waals surface area contributed by atoms with Gasteiger partial charge in [0.2, 0.25) is 0 Å². The van der Waals surface area contributed by atoms with Crippen LogP contribution in [-0.2, 0) is 0 Å². The molecule has 0 radical (unpaired) electrons. The molecule has 16 heavy (non-hydrogen) atoms. The fourth-order valence-electron chi connectivity index (χ4n) is 1.94. The smallest absolute Gasteiger partial charge is 0.163 e. The van der Waals surface area contributed by atoms with Gasteiger partial charge in [0.1, 0.15) is 0 Å². The lowest BCUT2D eigenvalue weighted by atomic mass is 10.0. The molecular weight excluding hydrogens is 196 g/mol. The van der Waals surface area contributed by atoms with Gasteiger partial charge in [0.05, 0.1) is 0 Å². The second-order valence-corrected chi connectivity index (χ2v) is 4.20. The van der Waals surface area contributed by atoms with Crippen molar-refractivity contribution in [3.63, 3.8) is 0 Å². The molecule has 0 amide bonds. The van der Waals surface area contributed by atoms with Gasteiger partial charge in [-0.15, -0.1) is 0 Å². The third kappa shape index (κ3) is 1.99. The van der Waals surface area contributed by atoms with Crippen LogP contribution in [0.5, 0.6) is 0 Å². The van der Waals surface area contributed by atoms with Crippen LogP contribution in [0.15, 0.2) is 36.4 Å². The summed E-state index contributed by atoms with van der Waals surface area (Å²) < 4.78 is 0. The number of aryl methyl sites for hydroxylation is 1. The van der Waals surface area contributed by atoms with E-state index < -0.39 is 0 Å². The second kappa shape index (κ2) is 4.48. The Labute approximate surface area is 96.5 Å². The van der Waals surface area contributed by atoms with Gasteiger partial charge in [-0.2, -0.15) is 0 Å². The molecular formula is C15H16O. The number of Topliss-reactive ketones (excluding diaryl/α,β-unsaturated/α-hetero) is 1. The molecule has 2 aliphatic carbocycles. The molecule has 0 N–H and O–H groups in total. The number of ketones is 1. The van der Waals surface area contributed by atoms with Crippen LogP contribution < -0.4 is 0 Å². The Morgan fingerprint density at radius 1 is 1.06 bits per heavy atom. The summed E-state index contributed by atoms with van der Waals surface area (Å²) in [6.07, 6.45) is 1.54. The van der Waals surface area contributed by atoms with Crippen LogP contribution in [0, 0.1) is 6.92 Å². The average molecular weight is 212 g/mol. The van der Waals surface area contributed by atoms with Gasteiger partial charge in [-0.05, 0) is 24.5 Å². The highest BCUT2D eigenvalue weighted by Gasteiger charge is 2.13. The number of rotatable bonds is 3. The lowest BCUT2D eigenvalue weighted by Gasteiger charge is -1.99. The maximum Gasteiger partial charge on any atom is 0.163 e. The molecule has 2 aliphatic rings. The van der Waals surface area contributed by atoms with E-state index in [9.17, 15) is 4.79 Å². The fraction of sp³-hybridized carbons (Fsp3) is 0.267. The van der Waals surface area contributed by atoms with Gasteiger partial charge < -0.3 is 0 Å². The van der Waals surface area contributed by atoms with E-state index in [1.807, 2.05) is 25.1 Å². The lowest BCUT2D eigenvalue weighted by Crippen LogP contribution is -1.96. The van der Waals surface area contributed by atoms with Crippen molar-refractivity contribution in [1.29, 1.82) is 0 Å². The minimum absolute atomic E-state index is 0.251. The van der Waals surface area contributed by atoms with Gasteiger partial charge in [0, 0.05) is 12.0 Å². The van der Waals surface area contributed by atoms with E-state index in [1.54, 1.807) is 0 Å². The van der Waals surface area contributed by atoms with Crippen molar-refractivity contribution >= 4 is 5.78 Å². The zero-order valence-electron chi connectivity index (χ0n) is 9.79. The Kier molecular flexibility index (Phi) is 3.04. The largest absolute Gasteiger partial charge is 0.294 e. The van der Waals surface area contributed by atoms with Crippen LogP contribution in [0.1, 0.15) is 35.7 Å². The summed E-state index contributed by atoms with van der Waals surface area (Å²) >= 11 is 0. The zero-order chi connectivity index (χ0) is 11.5. The summed E-state index contributed by atoms with van der Waals surface area (Å²) in [5.41, 5.74) is 4.30. The standard InChI is InChI=1S/C15H16O/c1-3-4-15(16)14-10-8-12-7-5-11(2)6-9-13(12)14/h5-10H,3-4H2,1-2H3. The molecule has 0 spiro atoms. The normalized spacial score (nSPS) is 10.6. The summed E-state index contributed by atoms with van der Waals surface area (Å²) in [5, 5.41) is 0. The molecule has 0 aromatic rings. The molecule has 82 valence electrons. The number of hydrogen-bond acceptors (Lipinski definition) is 1. The van der Waals surface area contributed by atoms with Gasteiger partial charge in [-0.1, -0.05) is 48.9 Å². The third-order valence-electron chi connectivity index (χ3n) is 2.85. The molecule has 0 aromatic heterocycles. The van der Waals surface area contributed by atoms with Crippen molar-refractivity contribution in [2.45, 2.75) is 26.7 Å². The van der Waals surface area contributed by atoms with Gasteiger partial charge in [-0.3, -0.25) is 4.79 Å². The molecule has 0 atom stereocenters. The van der Waals surface area contributed by atoms with Crippen molar-refractivity contribution in [2.75, 3.05) is 0 Å². The Balaban J connectivity index is 2.48. The molecule has 0 heterocycles. The summed E-state index contributed by atoms with van der Waals surface area (Å²) in [7, 11) is 0. The monoisotopic (exact) mass is 212 g/mol. The summed E-state index contributed by atoms with van der Waals surface area (Å²) in [4.78, 5) is 11.9. The minimum Gasteiger partial charge on any atom is -0.294 e. The first-order chi connectivity index (χ1) is 7.72. The van der Waals surface area contributed by atoms with Crippen molar-refractivity contribution in [1.82, 2.24) is 0 Å². The van der Waals surface area contributed by atoms with Gasteiger partial charge in [-0.25, -0.2) is 0 Å². The number of fused-ring (bicyclic) bond motifs is 1. The maximum absolute atomic E-state index is 11.9. The van der Waals surface area contributed by atoms with E-state index >= 15 is 0 Å². The molecule has 1 nitrogen and oxygen atoms in total. The summed E-state index contributed by atoms with van der Waals surface area (Å²) in [5.74, 6) is 0.251. The van der Waals surface area contributed by atoms with E-state index in [1.165, 1.54) is 5.56 Å². The minimum atomic E-state index is 0.251. The van der Waals surface area contributed by atoms with E-state index in [2.05, 4.69) is 25.1 Å². The third-order valence-corrected chi connectivity index (χ3v) is 2.85. The van der Waals surface area contributed by atoms with E-state index in [4.69, 9.17) is 0 Å². The Morgan fingerprint density at radius 2 is 1.75 bits per heavy atom. The highest BCUT2D eigenvalue weighted by atomic mass is 16.1. The van der Waals surface area contributed by atoms with E-state index in [-0.39, 0.29) is 5.78 Å². The topological polar surface area (TPSA) is 17.1 Å². The zero-order valence-corrected chi connectivity index (χ0v) is 9.79. The quantitative estimate of drug-likeness (QED) is 0.700. The lowest BCUT2D eigenvalue weighted by molar-refractivity contribution is 0.0982. The van der Waals surface area contributed by atoms with Crippen LogP contribution in [-0.4, -0.2) is 5.78 Å². The van der Waals surface area contributed by atoms with Gasteiger partial charge in [0.25, 0.3) is 0 Å². The molecule has 0 aliphatic heterocycles.